The van der Waals surface area contributed by atoms with Gasteiger partial charge in [-0.1, -0.05) is 66.5 Å². The molecule has 3 atom stereocenters. The minimum absolute atomic E-state index is 0. The smallest absolute Gasteiger partial charge is 0.349 e. The van der Waals surface area contributed by atoms with Gasteiger partial charge in [-0.15, -0.1) is 0 Å². The van der Waals surface area contributed by atoms with Crippen molar-refractivity contribution in [2.75, 3.05) is 129 Å². The number of phenolic OH excluding ortho intramolecular Hbond substituents is 3. The number of aromatic hydroxyl groups is 3. The Hall–Kier alpha value is -12.6. The fourth-order valence-corrected chi connectivity index (χ4v) is 12.6. The third-order valence-electron chi connectivity index (χ3n) is 15.0. The number of nitrogens with two attached hydrogens (primary N) is 4. The molecule has 0 saturated carbocycles. The lowest BCUT2D eigenvalue weighted by molar-refractivity contribution is -0.134. The van der Waals surface area contributed by atoms with E-state index >= 15 is 0 Å². The lowest BCUT2D eigenvalue weighted by Gasteiger charge is -2.27. The summed E-state index contributed by atoms with van der Waals surface area (Å²) >= 11 is 0. The second kappa shape index (κ2) is 68.4. The number of benzene rings is 8. The van der Waals surface area contributed by atoms with Crippen LogP contribution in [-0.2, 0) is 48.6 Å². The number of carboxylic acid groups (broad SMARTS) is 1. The molecule has 0 spiro atoms. The van der Waals surface area contributed by atoms with Gasteiger partial charge in [0.15, 0.2) is 69.0 Å². The number of hydrogen-bond acceptors (Lipinski definition) is 33. The molecule has 0 aliphatic carbocycles. The Morgan fingerprint density at radius 1 is 0.470 bits per heavy atom. The molecule has 0 bridgehead atoms. The van der Waals surface area contributed by atoms with E-state index in [-0.39, 0.29) is 169 Å². The van der Waals surface area contributed by atoms with Gasteiger partial charge in [0.2, 0.25) is 11.8 Å². The molecule has 4 amide bonds. The van der Waals surface area contributed by atoms with E-state index in [1.165, 1.54) is 144 Å². The first-order valence-corrected chi connectivity index (χ1v) is 42.2. The fraction of sp³-hybridized carbons (Fsp3) is 0.363. The van der Waals surface area contributed by atoms with Crippen LogP contribution in [0.3, 0.4) is 0 Å². The zero-order valence-corrected chi connectivity index (χ0v) is 76.3. The van der Waals surface area contributed by atoms with Crippen molar-refractivity contribution in [1.82, 2.24) is 4.90 Å². The highest BCUT2D eigenvalue weighted by atomic mass is 32.2. The number of hydrogen-bond donors (Lipinski definition) is 10. The highest BCUT2D eigenvalue weighted by Crippen LogP contribution is 2.40. The first-order valence-electron chi connectivity index (χ1n) is 49.8. The number of amides is 4. The lowest BCUT2D eigenvalue weighted by atomic mass is 10.1. The maximum Gasteiger partial charge on any atom is 0.349 e. The number of carbonyl (C=O) groups is 10. The molecule has 43 heteroatoms. The number of nitrogens with zero attached hydrogens (tertiary/aromatic N) is 1. The first-order chi connectivity index (χ1) is 71.1. The topological polar surface area (TPSA) is 578 Å². The van der Waals surface area contributed by atoms with Gasteiger partial charge in [0.1, 0.15) is 48.4 Å². The Labute approximate surface area is 836 Å². The number of aliphatic carboxylic acids is 1. The van der Waals surface area contributed by atoms with Crippen molar-refractivity contribution in [3.8, 4) is 69.0 Å². The van der Waals surface area contributed by atoms with Gasteiger partial charge < -0.3 is 101 Å². The molecule has 2 aliphatic heterocycles. The Kier molecular flexibility index (Phi) is 44.3. The summed E-state index contributed by atoms with van der Waals surface area (Å²) < 4.78 is 322. The Morgan fingerprint density at radius 2 is 0.799 bits per heavy atom. The predicted molar refractivity (Wildman–Crippen MR) is 525 cm³/mol. The Morgan fingerprint density at radius 3 is 1.16 bits per heavy atom. The molecule has 10 rings (SSSR count). The number of carbonyl (C=O) groups excluding carboxylic acids is 9. The minimum atomic E-state index is -3.81. The summed E-state index contributed by atoms with van der Waals surface area (Å²) in [7, 11) is -13.1. The monoisotopic (exact) mass is 2010 g/mol. The van der Waals surface area contributed by atoms with Crippen LogP contribution < -0.4 is 76.2 Å². The van der Waals surface area contributed by atoms with Gasteiger partial charge in [-0.05, 0) is 172 Å². The van der Waals surface area contributed by atoms with Crippen molar-refractivity contribution in [3.63, 3.8) is 0 Å². The first kappa shape index (κ1) is 86.8. The molecule has 2 heterocycles. The molecular formula is C91H132FN7O30S5. The number of carboxylic acids is 1. The second-order valence-electron chi connectivity index (χ2n) is 25.1. The molecule has 37 nitrogen and oxygen atoms in total. The second-order valence-corrected chi connectivity index (χ2v) is 31.7. The zero-order valence-electron chi connectivity index (χ0n) is 98.8. The van der Waals surface area contributed by atoms with Crippen molar-refractivity contribution in [1.29, 1.82) is 0 Å². The molecular weight excluding hydrogens is 1850 g/mol. The minimum Gasteiger partial charge on any atom is -0.504 e. The SMILES string of the molecule is C.C.C.CC(=O)Nc1cccc2c1C(=O)OC2=O.CC(=O)O.CCN.CCN.O=Cc1ccc(O)c(O)c1.S.S.[2H]C([2H])([2H])C([2H])([2H])Oc1cc(C(N)CS(C)(=O)=O)ccc1OC.[2H]C([2H])([2H])C([2H])([2H])Oc1cc([C@@H](CS(C)(=O)=O)N2C(=O)c3cccc(NC(C)=O)c3C2=O)ccc1OC.[2H]C([2H])([2H])C([2H])([2H])Oc1cc([C@H](N)CS(C)(=O)=O)ccc1OC.[2H]C([2H])([2H])Oc1ccc(C=O)cc1O.[2H]C([2H])([2H])Oc1ccc(C=O)cc1OC([2H])([2H])C([2H])([2H])[2H].[2H]CF. The van der Waals surface area contributed by atoms with Crippen LogP contribution in [0.25, 0.3) is 0 Å². The number of fused-ring (bicyclic) bond motifs is 2. The number of alkyl halides is 1. The Balaban J connectivity index is -0.000000436. The van der Waals surface area contributed by atoms with Crippen LogP contribution >= 0.6 is 27.0 Å². The van der Waals surface area contributed by atoms with E-state index in [0.717, 1.165) is 67.9 Å². The molecule has 2 aliphatic rings. The average Bonchev–Trinajstić information content (AvgIpc) is 1.59. The predicted octanol–water partition coefficient (Wildman–Crippen LogP) is 12.4. The third kappa shape index (κ3) is 47.1. The van der Waals surface area contributed by atoms with Crippen LogP contribution in [-0.4, -0.2) is 229 Å². The Bertz CT molecular complexity index is 6420. The molecule has 134 heavy (non-hydrogen) atoms. The molecule has 748 valence electrons. The number of methoxy groups -OCH3 is 5. The number of ether oxygens (including phenoxy) is 10. The van der Waals surface area contributed by atoms with Crippen LogP contribution in [0.4, 0.5) is 15.8 Å². The van der Waals surface area contributed by atoms with Crippen molar-refractivity contribution in [2.45, 2.75) is 102 Å². The van der Waals surface area contributed by atoms with Crippen molar-refractivity contribution in [2.24, 2.45) is 22.9 Å². The molecule has 0 fully saturated rings. The van der Waals surface area contributed by atoms with Gasteiger partial charge in [0.25, 0.3) is 17.8 Å². The number of aldehydes is 3. The van der Waals surface area contributed by atoms with Crippen molar-refractivity contribution < 1.29 is 182 Å². The van der Waals surface area contributed by atoms with E-state index in [1.54, 1.807) is 12.1 Å². The van der Waals surface area contributed by atoms with E-state index in [0.29, 0.717) is 41.2 Å². The lowest BCUT2D eigenvalue weighted by Crippen LogP contribution is -2.37. The largest absolute Gasteiger partial charge is 0.504 e. The maximum atomic E-state index is 13.4. The van der Waals surface area contributed by atoms with Gasteiger partial charge >= 0.3 is 11.9 Å². The number of sulfone groups is 3. The van der Waals surface area contributed by atoms with E-state index in [9.17, 15) is 77.9 Å². The van der Waals surface area contributed by atoms with Crippen LogP contribution in [0.15, 0.2) is 146 Å². The highest BCUT2D eigenvalue weighted by Gasteiger charge is 2.44. The number of imide groups is 1. The van der Waals surface area contributed by atoms with Crippen LogP contribution in [0.2, 0.25) is 0 Å². The van der Waals surface area contributed by atoms with E-state index in [4.69, 9.17) is 113 Å². The molecule has 0 radical (unpaired) electrons. The van der Waals surface area contributed by atoms with E-state index in [1.807, 2.05) is 13.8 Å². The summed E-state index contributed by atoms with van der Waals surface area (Å²) in [5, 5.41) is 39.2. The fourth-order valence-electron chi connectivity index (χ4n) is 10.0. The zero-order chi connectivity index (χ0) is 122. The summed E-state index contributed by atoms with van der Waals surface area (Å²) in [5.74, 6) is -8.51. The maximum absolute atomic E-state index is 13.4. The van der Waals surface area contributed by atoms with Crippen molar-refractivity contribution in [3.05, 3.63) is 201 Å². The van der Waals surface area contributed by atoms with E-state index in [2.05, 4.69) is 24.8 Å². The summed E-state index contributed by atoms with van der Waals surface area (Å²) in [6.07, 6.45) is 4.55. The summed E-state index contributed by atoms with van der Waals surface area (Å²) in [5.41, 5.74) is 23.2. The molecule has 0 saturated heterocycles. The number of rotatable bonds is 28. The number of anilines is 2. The quantitative estimate of drug-likeness (QED) is 0.00716. The summed E-state index contributed by atoms with van der Waals surface area (Å²) in [6.45, 7) is -15.5. The molecule has 8 aromatic rings. The summed E-state index contributed by atoms with van der Waals surface area (Å²) in [4.78, 5) is 112. The number of halogens is 1. The van der Waals surface area contributed by atoms with Gasteiger partial charge in [-0.2, -0.15) is 27.0 Å². The van der Waals surface area contributed by atoms with Gasteiger partial charge in [0.05, 0.1) is 146 Å². The number of nitrogens with one attached hydrogen (secondary N) is 2. The van der Waals surface area contributed by atoms with Gasteiger partial charge in [-0.25, -0.2) is 34.8 Å². The molecule has 14 N–H and O–H groups in total. The molecule has 0 aromatic heterocycles. The highest BCUT2D eigenvalue weighted by molar-refractivity contribution is 7.91. The van der Waals surface area contributed by atoms with Crippen LogP contribution in [0, 0.1) is 0 Å². The average molecular weight is 2010 g/mol. The van der Waals surface area contributed by atoms with Gasteiger partial charge in [0, 0.05) is 84.8 Å². The van der Waals surface area contributed by atoms with Gasteiger partial charge in [-0.3, -0.25) is 47.6 Å². The van der Waals surface area contributed by atoms with Crippen LogP contribution in [0.5, 0.6) is 69.0 Å². The molecule has 1 unspecified atom stereocenters. The van der Waals surface area contributed by atoms with Crippen LogP contribution in [0.1, 0.15) is 229 Å². The van der Waals surface area contributed by atoms with Crippen molar-refractivity contribution >= 4 is 128 Å². The van der Waals surface area contributed by atoms with E-state index < -0.39 is 175 Å². The normalized spacial score (nSPS) is 15.2. The summed E-state index contributed by atoms with van der Waals surface area (Å²) in [6, 6.07) is 28.7. The third-order valence-corrected chi connectivity index (χ3v) is 17.9. The number of esters is 2. The molecule has 8 aromatic carbocycles. The number of cyclic esters (lactones) is 2. The standard InChI is InChI=1S/C22H24N2O7S.2C12H19NO4S.C10H7NO4.C10H12O3.C8H8O3.C7H6O3.2C2H7N.C2H4O2.CH3F.3CH4.2H2S/c1-5-31-19-11-14(9-10-18(19)30-3)17(12-32(4,28)29)24-21(26)15-7-6-8-16(23-13(2)25)20(15)22(24)27;2*1-4-17-12-7-9(5-6-11(12)16-2)10(13)8-18(3,14)15;1-5(12)11-7-4-2-3-6-8(7)10(14)15-9(6)13;1-3-13-10-6-8(7-11)4-5-9(10)12-2;1-11-8-3-2-6(5-9)4-7(8)10;8-4-5-1-2-6(9)7(10)3-5;2*1-2-3;1-2(3)4;1-2;;;;;/h6-11,17H,5,12H2,1-4H3,(H,23,25);2*5-7,10H,4,8,13H2,1-3H3;2-4H,1H3,(H,11,12);4-7H,3H2,1-2H3;2-5,10H,1H3;1-4,9-10H;2*2-3H2,1H3;1H3,(H,3,4);1H3;3*1H4;2*1H2/t17-;10-;;;;;;;;;;;;;;/m11............../s1/i1D3,5D2;2*1D3,4D2;;1D3,2D3,3D2;1D3;;;;;1D;;;;;. The number of phenols is 3.